The molecule has 1 atom stereocenters. The van der Waals surface area contributed by atoms with Gasteiger partial charge in [0, 0.05) is 27.1 Å². The van der Waals surface area contributed by atoms with Gasteiger partial charge in [-0.1, -0.05) is 24.3 Å². The average molecular weight is 329 g/mol. The molecule has 2 aliphatic rings. The summed E-state index contributed by atoms with van der Waals surface area (Å²) in [4.78, 5) is 40.4. The fourth-order valence-corrected chi connectivity index (χ4v) is 3.56. The van der Waals surface area contributed by atoms with Gasteiger partial charge in [0.2, 0.25) is 11.8 Å². The van der Waals surface area contributed by atoms with Crippen LogP contribution in [0, 0.1) is 0 Å². The van der Waals surface area contributed by atoms with Crippen LogP contribution < -0.4 is 0 Å². The Bertz CT molecular complexity index is 673. The Balaban J connectivity index is 1.53. The number of imide groups is 1. The van der Waals surface area contributed by atoms with Crippen molar-refractivity contribution in [2.45, 2.75) is 31.7 Å². The number of hydrogen-bond acceptors (Lipinski definition) is 3. The van der Waals surface area contributed by atoms with Crippen LogP contribution >= 0.6 is 0 Å². The fourth-order valence-electron chi connectivity index (χ4n) is 3.56. The second-order valence-corrected chi connectivity index (χ2v) is 6.55. The zero-order chi connectivity index (χ0) is 17.3. The average Bonchev–Trinajstić information content (AvgIpc) is 3.10. The molecule has 0 N–H and O–H groups in total. The molecule has 0 radical (unpaired) electrons. The van der Waals surface area contributed by atoms with Crippen LogP contribution in [0.3, 0.4) is 0 Å². The molecular formula is C18H23N3O3. The number of urea groups is 1. The summed E-state index contributed by atoms with van der Waals surface area (Å²) in [6.07, 6.45) is 2.80. The Morgan fingerprint density at radius 3 is 2.75 bits per heavy atom. The van der Waals surface area contributed by atoms with Gasteiger partial charge in [0.05, 0.1) is 6.04 Å². The van der Waals surface area contributed by atoms with Gasteiger partial charge in [0.1, 0.15) is 6.54 Å². The summed E-state index contributed by atoms with van der Waals surface area (Å²) in [6, 6.07) is 8.12. The van der Waals surface area contributed by atoms with E-state index in [2.05, 4.69) is 12.1 Å². The van der Waals surface area contributed by atoms with Crippen molar-refractivity contribution in [2.24, 2.45) is 0 Å². The van der Waals surface area contributed by atoms with Crippen LogP contribution in [0.25, 0.3) is 0 Å². The number of carbonyl (C=O) groups is 3. The fraction of sp³-hybridized carbons (Fsp3) is 0.500. The summed E-state index contributed by atoms with van der Waals surface area (Å²) in [5.41, 5.74) is 2.55. The van der Waals surface area contributed by atoms with Gasteiger partial charge in [-0.25, -0.2) is 4.79 Å². The molecule has 1 heterocycles. The van der Waals surface area contributed by atoms with Crippen molar-refractivity contribution in [3.8, 4) is 0 Å². The Labute approximate surface area is 142 Å². The maximum Gasteiger partial charge on any atom is 0.326 e. The zero-order valence-electron chi connectivity index (χ0n) is 14.2. The Kier molecular flexibility index (Phi) is 4.55. The highest BCUT2D eigenvalue weighted by Crippen LogP contribution is 2.35. The molecule has 0 saturated carbocycles. The normalized spacial score (nSPS) is 19.8. The van der Waals surface area contributed by atoms with E-state index >= 15 is 0 Å². The zero-order valence-corrected chi connectivity index (χ0v) is 14.2. The molecule has 1 aliphatic carbocycles. The predicted molar refractivity (Wildman–Crippen MR) is 89.2 cm³/mol. The second kappa shape index (κ2) is 6.63. The number of nitrogens with zero attached hydrogens (tertiary/aromatic N) is 3. The van der Waals surface area contributed by atoms with Crippen molar-refractivity contribution in [1.82, 2.24) is 14.7 Å². The Hall–Kier alpha value is -2.37. The van der Waals surface area contributed by atoms with E-state index in [1.165, 1.54) is 20.9 Å². The van der Waals surface area contributed by atoms with Crippen LogP contribution in [0.2, 0.25) is 0 Å². The van der Waals surface area contributed by atoms with Crippen LogP contribution in [-0.4, -0.2) is 59.7 Å². The molecule has 3 rings (SSSR count). The van der Waals surface area contributed by atoms with Gasteiger partial charge in [0.25, 0.3) is 0 Å². The molecule has 1 saturated heterocycles. The summed E-state index contributed by atoms with van der Waals surface area (Å²) in [7, 11) is 3.45. The third-order valence-corrected chi connectivity index (χ3v) is 4.97. The lowest BCUT2D eigenvalue weighted by molar-refractivity contribution is -0.133. The van der Waals surface area contributed by atoms with Gasteiger partial charge in [-0.2, -0.15) is 0 Å². The summed E-state index contributed by atoms with van der Waals surface area (Å²) in [6.45, 7) is 0.439. The maximum absolute atomic E-state index is 12.5. The molecule has 1 aliphatic heterocycles. The first-order chi connectivity index (χ1) is 11.5. The van der Waals surface area contributed by atoms with E-state index in [1.807, 2.05) is 24.1 Å². The van der Waals surface area contributed by atoms with Crippen molar-refractivity contribution in [3.63, 3.8) is 0 Å². The minimum absolute atomic E-state index is 0.0594. The standard InChI is InChI=1S/C18H23N3O3/c1-19-12-17(23)21(18(19)24)11-5-8-16(22)20(2)15-10-9-13-6-3-4-7-14(13)15/h3-4,6-7,15H,5,8-12H2,1-2H3. The lowest BCUT2D eigenvalue weighted by Crippen LogP contribution is -2.34. The van der Waals surface area contributed by atoms with Gasteiger partial charge in [-0.15, -0.1) is 0 Å². The second-order valence-electron chi connectivity index (χ2n) is 6.55. The maximum atomic E-state index is 12.5. The van der Waals surface area contributed by atoms with Crippen LogP contribution in [-0.2, 0) is 16.0 Å². The van der Waals surface area contributed by atoms with Gasteiger partial charge in [0.15, 0.2) is 0 Å². The highest BCUT2D eigenvalue weighted by atomic mass is 16.2. The number of fused-ring (bicyclic) bond motifs is 1. The molecule has 128 valence electrons. The molecule has 0 bridgehead atoms. The van der Waals surface area contributed by atoms with Gasteiger partial charge < -0.3 is 9.80 Å². The largest absolute Gasteiger partial charge is 0.339 e. The van der Waals surface area contributed by atoms with Gasteiger partial charge in [-0.05, 0) is 30.4 Å². The first-order valence-corrected chi connectivity index (χ1v) is 8.38. The first kappa shape index (κ1) is 16.5. The van der Waals surface area contributed by atoms with E-state index in [4.69, 9.17) is 0 Å². The minimum atomic E-state index is -0.273. The van der Waals surface area contributed by atoms with E-state index in [-0.39, 0.29) is 30.4 Å². The quantitative estimate of drug-likeness (QED) is 0.774. The number of aryl methyl sites for hydroxylation is 1. The molecular weight excluding hydrogens is 306 g/mol. The minimum Gasteiger partial charge on any atom is -0.339 e. The molecule has 1 fully saturated rings. The molecule has 6 nitrogen and oxygen atoms in total. The molecule has 1 aromatic rings. The summed E-state index contributed by atoms with van der Waals surface area (Å²) >= 11 is 0. The lowest BCUT2D eigenvalue weighted by atomic mass is 10.1. The first-order valence-electron chi connectivity index (χ1n) is 8.38. The van der Waals surface area contributed by atoms with E-state index < -0.39 is 0 Å². The number of rotatable bonds is 5. The van der Waals surface area contributed by atoms with Crippen LogP contribution in [0.1, 0.15) is 36.4 Å². The van der Waals surface area contributed by atoms with E-state index in [1.54, 1.807) is 7.05 Å². The van der Waals surface area contributed by atoms with Crippen LogP contribution in [0.5, 0.6) is 0 Å². The van der Waals surface area contributed by atoms with Gasteiger partial charge >= 0.3 is 6.03 Å². The van der Waals surface area contributed by atoms with Gasteiger partial charge in [-0.3, -0.25) is 14.5 Å². The highest BCUT2D eigenvalue weighted by molar-refractivity contribution is 6.01. The summed E-state index contributed by atoms with van der Waals surface area (Å²) in [5.74, 6) is -0.128. The van der Waals surface area contributed by atoms with Crippen molar-refractivity contribution < 1.29 is 14.4 Å². The molecule has 0 spiro atoms. The van der Waals surface area contributed by atoms with Crippen molar-refractivity contribution in [2.75, 3.05) is 27.2 Å². The number of benzene rings is 1. The van der Waals surface area contributed by atoms with E-state index in [9.17, 15) is 14.4 Å². The monoisotopic (exact) mass is 329 g/mol. The molecule has 1 aromatic carbocycles. The van der Waals surface area contributed by atoms with Crippen LogP contribution in [0.4, 0.5) is 4.79 Å². The predicted octanol–water partition coefficient (Wildman–Crippen LogP) is 1.81. The smallest absolute Gasteiger partial charge is 0.326 e. The third kappa shape index (κ3) is 3.00. The number of amides is 4. The Morgan fingerprint density at radius 1 is 1.29 bits per heavy atom. The molecule has 4 amide bonds. The number of likely N-dealkylation sites (N-methyl/N-ethyl adjacent to an activating group) is 1. The summed E-state index contributed by atoms with van der Waals surface area (Å²) in [5, 5.41) is 0. The van der Waals surface area contributed by atoms with Crippen LogP contribution in [0.15, 0.2) is 24.3 Å². The number of hydrogen-bond donors (Lipinski definition) is 0. The van der Waals surface area contributed by atoms with Crippen molar-refractivity contribution >= 4 is 17.8 Å². The Morgan fingerprint density at radius 2 is 2.04 bits per heavy atom. The topological polar surface area (TPSA) is 60.9 Å². The lowest BCUT2D eigenvalue weighted by Gasteiger charge is -2.26. The van der Waals surface area contributed by atoms with E-state index in [0.29, 0.717) is 19.4 Å². The SMILES string of the molecule is CN1CC(=O)N(CCCC(=O)N(C)C2CCc3ccccc32)C1=O. The molecule has 0 aromatic heterocycles. The molecule has 6 heteroatoms. The van der Waals surface area contributed by atoms with E-state index in [0.717, 1.165) is 12.8 Å². The molecule has 1 unspecified atom stereocenters. The summed E-state index contributed by atoms with van der Waals surface area (Å²) < 4.78 is 0. The third-order valence-electron chi connectivity index (χ3n) is 4.97. The van der Waals surface area contributed by atoms with Crippen molar-refractivity contribution in [3.05, 3.63) is 35.4 Å². The van der Waals surface area contributed by atoms with Crippen molar-refractivity contribution in [1.29, 1.82) is 0 Å². The molecule has 24 heavy (non-hydrogen) atoms. The number of carbonyl (C=O) groups excluding carboxylic acids is 3. The highest BCUT2D eigenvalue weighted by Gasteiger charge is 2.33.